The maximum absolute atomic E-state index is 11.6. The third kappa shape index (κ3) is 3.82. The normalized spacial score (nSPS) is 10.7. The van der Waals surface area contributed by atoms with Crippen LogP contribution in [0.1, 0.15) is 46.4 Å². The highest BCUT2D eigenvalue weighted by atomic mass is 32.1. The van der Waals surface area contributed by atoms with E-state index in [1.165, 1.54) is 5.01 Å². The van der Waals surface area contributed by atoms with Gasteiger partial charge in [-0.1, -0.05) is 13.8 Å². The first kappa shape index (κ1) is 15.5. The van der Waals surface area contributed by atoms with Gasteiger partial charge < -0.3 is 10.6 Å². The summed E-state index contributed by atoms with van der Waals surface area (Å²) < 4.78 is 0. The minimum atomic E-state index is -0.0641. The van der Waals surface area contributed by atoms with Crippen molar-refractivity contribution in [1.29, 1.82) is 0 Å². The van der Waals surface area contributed by atoms with Gasteiger partial charge in [-0.2, -0.15) is 0 Å². The summed E-state index contributed by atoms with van der Waals surface area (Å²) in [6.45, 7) is 6.99. The number of carbonyl (C=O) groups excluding carboxylic acids is 1. The highest BCUT2D eigenvalue weighted by Gasteiger charge is 2.08. The summed E-state index contributed by atoms with van der Waals surface area (Å²) in [6.07, 6.45) is 0. The van der Waals surface area contributed by atoms with Crippen LogP contribution in [0.2, 0.25) is 0 Å². The van der Waals surface area contributed by atoms with Gasteiger partial charge >= 0.3 is 0 Å². The molecule has 0 spiro atoms. The van der Waals surface area contributed by atoms with Crippen LogP contribution in [0, 0.1) is 6.92 Å². The van der Waals surface area contributed by atoms with Crippen LogP contribution >= 0.6 is 11.3 Å². The van der Waals surface area contributed by atoms with E-state index in [1.807, 2.05) is 25.1 Å². The van der Waals surface area contributed by atoms with Crippen LogP contribution in [0.4, 0.5) is 5.69 Å². The fourth-order valence-electron chi connectivity index (χ4n) is 2.00. The molecule has 2 aromatic rings. The van der Waals surface area contributed by atoms with E-state index in [4.69, 9.17) is 0 Å². The predicted molar refractivity (Wildman–Crippen MR) is 88.1 cm³/mol. The van der Waals surface area contributed by atoms with Gasteiger partial charge in [-0.05, 0) is 30.7 Å². The molecule has 0 atom stereocenters. The molecule has 21 heavy (non-hydrogen) atoms. The SMILES string of the molecule is CNC(=O)c1ccc(NCc2csc(C(C)C)n2)c(C)c1. The lowest BCUT2D eigenvalue weighted by atomic mass is 10.1. The Morgan fingerprint density at radius 1 is 1.38 bits per heavy atom. The van der Waals surface area contributed by atoms with Crippen LogP contribution in [0.3, 0.4) is 0 Å². The first-order chi connectivity index (χ1) is 10.0. The van der Waals surface area contributed by atoms with Gasteiger partial charge in [0.25, 0.3) is 5.91 Å². The highest BCUT2D eigenvalue weighted by molar-refractivity contribution is 7.09. The molecular formula is C16H21N3OS. The Hall–Kier alpha value is -1.88. The second-order valence-corrected chi connectivity index (χ2v) is 6.18. The molecule has 0 radical (unpaired) electrons. The molecule has 0 aliphatic heterocycles. The number of hydrogen-bond donors (Lipinski definition) is 2. The molecule has 1 aromatic carbocycles. The Balaban J connectivity index is 2.04. The van der Waals surface area contributed by atoms with E-state index >= 15 is 0 Å². The first-order valence-electron chi connectivity index (χ1n) is 7.02. The fourth-order valence-corrected chi connectivity index (χ4v) is 2.84. The molecule has 1 amide bonds. The maximum atomic E-state index is 11.6. The van der Waals surface area contributed by atoms with Crippen LogP contribution in [-0.4, -0.2) is 17.9 Å². The van der Waals surface area contributed by atoms with Crippen molar-refractivity contribution in [2.24, 2.45) is 0 Å². The van der Waals surface area contributed by atoms with Crippen molar-refractivity contribution in [2.45, 2.75) is 33.2 Å². The van der Waals surface area contributed by atoms with Gasteiger partial charge in [0.1, 0.15) is 0 Å². The number of amides is 1. The molecule has 4 nitrogen and oxygen atoms in total. The summed E-state index contributed by atoms with van der Waals surface area (Å²) in [5, 5.41) is 9.27. The molecular weight excluding hydrogens is 282 g/mol. The number of nitrogens with zero attached hydrogens (tertiary/aromatic N) is 1. The predicted octanol–water partition coefficient (Wildman–Crippen LogP) is 3.55. The Kier molecular flexibility index (Phi) is 4.96. The average Bonchev–Trinajstić information content (AvgIpc) is 2.94. The number of thiazole rings is 1. The molecule has 0 saturated heterocycles. The van der Waals surface area contributed by atoms with Crippen molar-refractivity contribution in [3.05, 3.63) is 45.4 Å². The van der Waals surface area contributed by atoms with Gasteiger partial charge in [0.15, 0.2) is 0 Å². The van der Waals surface area contributed by atoms with Crippen molar-refractivity contribution in [3.63, 3.8) is 0 Å². The third-order valence-corrected chi connectivity index (χ3v) is 4.43. The molecule has 0 aliphatic rings. The monoisotopic (exact) mass is 303 g/mol. The minimum absolute atomic E-state index is 0.0641. The summed E-state index contributed by atoms with van der Waals surface area (Å²) in [5.74, 6) is 0.406. The van der Waals surface area contributed by atoms with Gasteiger partial charge in [0.2, 0.25) is 0 Å². The maximum Gasteiger partial charge on any atom is 0.251 e. The van der Waals surface area contributed by atoms with Crippen molar-refractivity contribution >= 4 is 22.9 Å². The molecule has 2 N–H and O–H groups in total. The molecule has 5 heteroatoms. The number of aromatic nitrogens is 1. The van der Waals surface area contributed by atoms with Crippen molar-refractivity contribution in [3.8, 4) is 0 Å². The van der Waals surface area contributed by atoms with E-state index in [0.29, 0.717) is 18.0 Å². The van der Waals surface area contributed by atoms with E-state index in [1.54, 1.807) is 18.4 Å². The molecule has 2 rings (SSSR count). The zero-order chi connectivity index (χ0) is 15.4. The van der Waals surface area contributed by atoms with Crippen LogP contribution in [0.5, 0.6) is 0 Å². The molecule has 0 unspecified atom stereocenters. The molecule has 0 fully saturated rings. The van der Waals surface area contributed by atoms with Crippen molar-refractivity contribution in [1.82, 2.24) is 10.3 Å². The Morgan fingerprint density at radius 2 is 2.14 bits per heavy atom. The highest BCUT2D eigenvalue weighted by Crippen LogP contribution is 2.21. The van der Waals surface area contributed by atoms with Crippen molar-refractivity contribution < 1.29 is 4.79 Å². The van der Waals surface area contributed by atoms with E-state index < -0.39 is 0 Å². The summed E-state index contributed by atoms with van der Waals surface area (Å²) >= 11 is 1.70. The molecule has 0 bridgehead atoms. The van der Waals surface area contributed by atoms with E-state index in [0.717, 1.165) is 16.9 Å². The number of hydrogen-bond acceptors (Lipinski definition) is 4. The lowest BCUT2D eigenvalue weighted by molar-refractivity contribution is 0.0963. The van der Waals surface area contributed by atoms with Crippen LogP contribution < -0.4 is 10.6 Å². The van der Waals surface area contributed by atoms with E-state index in [2.05, 4.69) is 34.8 Å². The topological polar surface area (TPSA) is 54.0 Å². The molecule has 1 aromatic heterocycles. The largest absolute Gasteiger partial charge is 0.379 e. The molecule has 1 heterocycles. The molecule has 0 aliphatic carbocycles. The third-order valence-electron chi connectivity index (χ3n) is 3.24. The number of rotatable bonds is 5. The minimum Gasteiger partial charge on any atom is -0.379 e. The van der Waals surface area contributed by atoms with Gasteiger partial charge in [-0.25, -0.2) is 4.98 Å². The summed E-state index contributed by atoms with van der Waals surface area (Å²) in [7, 11) is 1.64. The first-order valence-corrected chi connectivity index (χ1v) is 7.90. The Morgan fingerprint density at radius 3 is 2.71 bits per heavy atom. The second-order valence-electron chi connectivity index (χ2n) is 5.29. The zero-order valence-electron chi connectivity index (χ0n) is 12.9. The molecule has 0 saturated carbocycles. The number of benzene rings is 1. The van der Waals surface area contributed by atoms with E-state index in [9.17, 15) is 4.79 Å². The summed E-state index contributed by atoms with van der Waals surface area (Å²) in [4.78, 5) is 16.2. The number of aryl methyl sites for hydroxylation is 1. The zero-order valence-corrected chi connectivity index (χ0v) is 13.7. The number of nitrogens with one attached hydrogen (secondary N) is 2. The fraction of sp³-hybridized carbons (Fsp3) is 0.375. The van der Waals surface area contributed by atoms with Crippen molar-refractivity contribution in [2.75, 3.05) is 12.4 Å². The second kappa shape index (κ2) is 6.72. The van der Waals surface area contributed by atoms with Crippen LogP contribution in [-0.2, 0) is 6.54 Å². The summed E-state index contributed by atoms with van der Waals surface area (Å²) in [5.41, 5.74) is 3.81. The Labute approximate surface area is 129 Å². The van der Waals surface area contributed by atoms with E-state index in [-0.39, 0.29) is 5.91 Å². The lowest BCUT2D eigenvalue weighted by Gasteiger charge is -2.10. The van der Waals surface area contributed by atoms with Gasteiger partial charge in [-0.3, -0.25) is 4.79 Å². The van der Waals surface area contributed by atoms with Gasteiger partial charge in [-0.15, -0.1) is 11.3 Å². The number of carbonyl (C=O) groups is 1. The number of anilines is 1. The standard InChI is InChI=1S/C16H21N3OS/c1-10(2)16-19-13(9-21-16)8-18-14-6-5-12(7-11(14)3)15(20)17-4/h5-7,9-10,18H,8H2,1-4H3,(H,17,20). The Bertz CT molecular complexity index is 634. The van der Waals surface area contributed by atoms with Crippen LogP contribution in [0.15, 0.2) is 23.6 Å². The molecule has 112 valence electrons. The van der Waals surface area contributed by atoms with Crippen LogP contribution in [0.25, 0.3) is 0 Å². The van der Waals surface area contributed by atoms with Gasteiger partial charge in [0, 0.05) is 29.6 Å². The average molecular weight is 303 g/mol. The van der Waals surface area contributed by atoms with Gasteiger partial charge in [0.05, 0.1) is 17.2 Å². The lowest BCUT2D eigenvalue weighted by Crippen LogP contribution is -2.17. The smallest absolute Gasteiger partial charge is 0.251 e. The summed E-state index contributed by atoms with van der Waals surface area (Å²) in [6, 6.07) is 5.66. The quantitative estimate of drug-likeness (QED) is 0.888.